The van der Waals surface area contributed by atoms with Gasteiger partial charge in [0.2, 0.25) is 5.76 Å². The number of rotatable bonds is 4. The summed E-state index contributed by atoms with van der Waals surface area (Å²) in [6.07, 6.45) is 2.38. The molecule has 0 spiro atoms. The Labute approximate surface area is 113 Å². The normalized spacial score (nSPS) is 22.6. The predicted molar refractivity (Wildman–Crippen MR) is 72.4 cm³/mol. The number of nitrogens with zero attached hydrogens (tertiary/aromatic N) is 2. The van der Waals surface area contributed by atoms with Crippen LogP contribution in [0.15, 0.2) is 16.5 Å². The van der Waals surface area contributed by atoms with E-state index in [1.54, 1.807) is 6.07 Å². The van der Waals surface area contributed by atoms with Crippen molar-refractivity contribution in [3.05, 3.63) is 23.7 Å². The minimum atomic E-state index is -1.01. The topological polar surface area (TPSA) is 56.9 Å². The first-order chi connectivity index (χ1) is 8.99. The number of likely N-dealkylation sites (N-methyl/N-ethyl adjacent to an activating group) is 1. The number of piperidine rings is 1. The molecule has 1 aromatic heterocycles. The van der Waals surface area contributed by atoms with E-state index < -0.39 is 5.97 Å². The zero-order valence-corrected chi connectivity index (χ0v) is 11.8. The maximum atomic E-state index is 10.8. The average Bonchev–Trinajstić information content (AvgIpc) is 2.87. The Bertz CT molecular complexity index is 442. The van der Waals surface area contributed by atoms with Crippen LogP contribution in [0.1, 0.15) is 42.1 Å². The smallest absolute Gasteiger partial charge is 0.371 e. The number of aromatic carboxylic acids is 1. The van der Waals surface area contributed by atoms with Crippen molar-refractivity contribution in [3.8, 4) is 0 Å². The van der Waals surface area contributed by atoms with E-state index in [0.29, 0.717) is 6.04 Å². The molecular weight excluding hydrogens is 244 g/mol. The zero-order valence-electron chi connectivity index (χ0n) is 11.8. The van der Waals surface area contributed by atoms with E-state index in [1.807, 2.05) is 0 Å². The molecule has 5 nitrogen and oxygen atoms in total. The average molecular weight is 266 g/mol. The van der Waals surface area contributed by atoms with Gasteiger partial charge in [-0.1, -0.05) is 0 Å². The van der Waals surface area contributed by atoms with Crippen LogP contribution in [0.2, 0.25) is 0 Å². The zero-order chi connectivity index (χ0) is 14.0. The Kier molecular flexibility index (Phi) is 4.27. The van der Waals surface area contributed by atoms with Crippen molar-refractivity contribution in [3.63, 3.8) is 0 Å². The third kappa shape index (κ3) is 3.16. The van der Waals surface area contributed by atoms with Gasteiger partial charge < -0.3 is 14.4 Å². The molecular formula is C14H22N2O3. The van der Waals surface area contributed by atoms with Crippen molar-refractivity contribution >= 4 is 5.97 Å². The fourth-order valence-corrected chi connectivity index (χ4v) is 2.63. The summed E-state index contributed by atoms with van der Waals surface area (Å²) in [5.74, 6) is -0.261. The Hall–Kier alpha value is -1.33. The molecule has 0 aliphatic carbocycles. The van der Waals surface area contributed by atoms with Crippen molar-refractivity contribution in [1.29, 1.82) is 0 Å². The number of furan rings is 1. The van der Waals surface area contributed by atoms with E-state index in [-0.39, 0.29) is 11.8 Å². The SMILES string of the molecule is CC(c1ccc(C(=O)O)o1)N1CCCC(N(C)C)C1. The van der Waals surface area contributed by atoms with Gasteiger partial charge in [0.15, 0.2) is 0 Å². The highest BCUT2D eigenvalue weighted by Gasteiger charge is 2.27. The van der Waals surface area contributed by atoms with E-state index in [9.17, 15) is 4.79 Å². The van der Waals surface area contributed by atoms with Gasteiger partial charge in [-0.3, -0.25) is 4.90 Å². The fourth-order valence-electron chi connectivity index (χ4n) is 2.63. The molecule has 0 saturated carbocycles. The summed E-state index contributed by atoms with van der Waals surface area (Å²) >= 11 is 0. The maximum absolute atomic E-state index is 10.8. The lowest BCUT2D eigenvalue weighted by molar-refractivity contribution is 0.0646. The van der Waals surface area contributed by atoms with Crippen molar-refractivity contribution < 1.29 is 14.3 Å². The van der Waals surface area contributed by atoms with E-state index in [4.69, 9.17) is 9.52 Å². The van der Waals surface area contributed by atoms with Crippen molar-refractivity contribution in [2.24, 2.45) is 0 Å². The summed E-state index contributed by atoms with van der Waals surface area (Å²) in [7, 11) is 4.21. The van der Waals surface area contributed by atoms with Gasteiger partial charge in [-0.15, -0.1) is 0 Å². The minimum absolute atomic E-state index is 0.0167. The molecule has 1 aliphatic heterocycles. The van der Waals surface area contributed by atoms with Crippen molar-refractivity contribution in [2.75, 3.05) is 27.2 Å². The number of carboxylic acid groups (broad SMARTS) is 1. The maximum Gasteiger partial charge on any atom is 0.371 e. The molecule has 5 heteroatoms. The van der Waals surface area contributed by atoms with Crippen molar-refractivity contribution in [2.45, 2.75) is 31.8 Å². The lowest BCUT2D eigenvalue weighted by Crippen LogP contribution is -2.45. The Morgan fingerprint density at radius 1 is 1.53 bits per heavy atom. The molecule has 0 aromatic carbocycles. The Morgan fingerprint density at radius 2 is 2.26 bits per heavy atom. The molecule has 2 unspecified atom stereocenters. The largest absolute Gasteiger partial charge is 0.475 e. The van der Waals surface area contributed by atoms with Gasteiger partial charge in [0.05, 0.1) is 6.04 Å². The highest BCUT2D eigenvalue weighted by Crippen LogP contribution is 2.26. The number of carboxylic acids is 1. The van der Waals surface area contributed by atoms with Gasteiger partial charge in [-0.05, 0) is 52.5 Å². The quantitative estimate of drug-likeness (QED) is 0.904. The number of hydrogen-bond acceptors (Lipinski definition) is 4. The predicted octanol–water partition coefficient (Wildman–Crippen LogP) is 2.06. The minimum Gasteiger partial charge on any atom is -0.475 e. The molecule has 2 atom stereocenters. The van der Waals surface area contributed by atoms with Crippen LogP contribution in [0.4, 0.5) is 0 Å². The summed E-state index contributed by atoms with van der Waals surface area (Å²) in [5.41, 5.74) is 0. The summed E-state index contributed by atoms with van der Waals surface area (Å²) in [5, 5.41) is 8.89. The number of hydrogen-bond donors (Lipinski definition) is 1. The first-order valence-corrected chi connectivity index (χ1v) is 6.72. The molecule has 1 aromatic rings. The highest BCUT2D eigenvalue weighted by molar-refractivity contribution is 5.84. The highest BCUT2D eigenvalue weighted by atomic mass is 16.4. The van der Waals surface area contributed by atoms with E-state index in [2.05, 4.69) is 30.8 Å². The lowest BCUT2D eigenvalue weighted by atomic mass is 10.0. The molecule has 1 N–H and O–H groups in total. The van der Waals surface area contributed by atoms with Gasteiger partial charge in [0.25, 0.3) is 0 Å². The third-order valence-corrected chi connectivity index (χ3v) is 3.96. The van der Waals surface area contributed by atoms with Crippen LogP contribution in [0.25, 0.3) is 0 Å². The first kappa shape index (κ1) is 14.1. The van der Waals surface area contributed by atoms with Crippen molar-refractivity contribution in [1.82, 2.24) is 9.80 Å². The van der Waals surface area contributed by atoms with Gasteiger partial charge in [-0.25, -0.2) is 4.79 Å². The van der Waals surface area contributed by atoms with Crippen LogP contribution in [0, 0.1) is 0 Å². The second-order valence-corrected chi connectivity index (χ2v) is 5.44. The molecule has 0 bridgehead atoms. The van der Waals surface area contributed by atoms with Crippen LogP contribution >= 0.6 is 0 Å². The molecule has 19 heavy (non-hydrogen) atoms. The van der Waals surface area contributed by atoms with E-state index in [0.717, 1.165) is 18.8 Å². The van der Waals surface area contributed by atoms with Gasteiger partial charge >= 0.3 is 5.97 Å². The van der Waals surface area contributed by atoms with Crippen LogP contribution in [0.5, 0.6) is 0 Å². The second kappa shape index (κ2) is 5.75. The molecule has 1 fully saturated rings. The molecule has 1 saturated heterocycles. The van der Waals surface area contributed by atoms with E-state index in [1.165, 1.54) is 18.9 Å². The van der Waals surface area contributed by atoms with Crippen LogP contribution in [0.3, 0.4) is 0 Å². The molecule has 2 heterocycles. The Morgan fingerprint density at radius 3 is 2.84 bits per heavy atom. The van der Waals surface area contributed by atoms with Crippen LogP contribution < -0.4 is 0 Å². The second-order valence-electron chi connectivity index (χ2n) is 5.44. The van der Waals surface area contributed by atoms with Crippen LogP contribution in [-0.4, -0.2) is 54.1 Å². The molecule has 0 radical (unpaired) electrons. The third-order valence-electron chi connectivity index (χ3n) is 3.96. The lowest BCUT2D eigenvalue weighted by Gasteiger charge is -2.38. The summed E-state index contributed by atoms with van der Waals surface area (Å²) in [6.45, 7) is 4.11. The fraction of sp³-hybridized carbons (Fsp3) is 0.643. The molecule has 0 amide bonds. The van der Waals surface area contributed by atoms with Crippen LogP contribution in [-0.2, 0) is 0 Å². The summed E-state index contributed by atoms with van der Waals surface area (Å²) in [6, 6.07) is 3.98. The van der Waals surface area contributed by atoms with Gasteiger partial charge in [-0.2, -0.15) is 0 Å². The first-order valence-electron chi connectivity index (χ1n) is 6.72. The molecule has 2 rings (SSSR count). The molecule has 106 valence electrons. The van der Waals surface area contributed by atoms with Gasteiger partial charge in [0, 0.05) is 12.6 Å². The number of likely N-dealkylation sites (tertiary alicyclic amines) is 1. The van der Waals surface area contributed by atoms with Gasteiger partial charge in [0.1, 0.15) is 5.76 Å². The summed E-state index contributed by atoms with van der Waals surface area (Å²) < 4.78 is 5.40. The van der Waals surface area contributed by atoms with E-state index >= 15 is 0 Å². The monoisotopic (exact) mass is 266 g/mol. The molecule has 1 aliphatic rings. The standard InChI is InChI=1S/C14H22N2O3/c1-10(12-6-7-13(19-12)14(17)18)16-8-4-5-11(9-16)15(2)3/h6-7,10-11H,4-5,8-9H2,1-3H3,(H,17,18). The summed E-state index contributed by atoms with van der Waals surface area (Å²) in [4.78, 5) is 15.5. The Balaban J connectivity index is 2.05. The number of carbonyl (C=O) groups is 1.